The fourth-order valence-corrected chi connectivity index (χ4v) is 5.18. The number of aromatic nitrogens is 1. The van der Waals surface area contributed by atoms with E-state index in [9.17, 15) is 18.0 Å². The monoisotopic (exact) mass is 449 g/mol. The van der Waals surface area contributed by atoms with Gasteiger partial charge in [0.25, 0.3) is 0 Å². The first-order valence-corrected chi connectivity index (χ1v) is 10.8. The van der Waals surface area contributed by atoms with Gasteiger partial charge in [-0.25, -0.2) is 9.78 Å². The summed E-state index contributed by atoms with van der Waals surface area (Å²) < 4.78 is 37.7. The van der Waals surface area contributed by atoms with Crippen molar-refractivity contribution in [3.05, 3.63) is 16.1 Å². The summed E-state index contributed by atoms with van der Waals surface area (Å²) in [5, 5.41) is 10.4. The number of rotatable bonds is 3. The van der Waals surface area contributed by atoms with Gasteiger partial charge in [0.2, 0.25) is 5.91 Å². The van der Waals surface area contributed by atoms with Gasteiger partial charge in [0.15, 0.2) is 0 Å². The second-order valence-corrected chi connectivity index (χ2v) is 8.89. The Morgan fingerprint density at radius 3 is 2.57 bits per heavy atom. The van der Waals surface area contributed by atoms with Crippen LogP contribution in [0, 0.1) is 12.3 Å². The first-order valence-electron chi connectivity index (χ1n) is 9.96. The number of carboxylic acids is 1. The first kappa shape index (κ1) is 23.0. The number of hydrogen-bond donors (Lipinski definition) is 1. The molecule has 0 unspecified atom stereocenters. The zero-order valence-corrected chi connectivity index (χ0v) is 17.6. The number of carbonyl (C=O) groups is 2. The average molecular weight is 449 g/mol. The van der Waals surface area contributed by atoms with Crippen LogP contribution in [0.25, 0.3) is 0 Å². The second-order valence-electron chi connectivity index (χ2n) is 7.95. The van der Waals surface area contributed by atoms with Crippen molar-refractivity contribution in [1.29, 1.82) is 0 Å². The maximum absolute atomic E-state index is 13.2. The molecule has 168 valence electrons. The van der Waals surface area contributed by atoms with Crippen molar-refractivity contribution < 1.29 is 32.6 Å². The van der Waals surface area contributed by atoms with Crippen molar-refractivity contribution in [2.24, 2.45) is 5.41 Å². The Balaban J connectivity index is 0.000000318. The minimum atomic E-state index is -5.08. The smallest absolute Gasteiger partial charge is 0.475 e. The van der Waals surface area contributed by atoms with E-state index in [1.807, 2.05) is 6.92 Å². The maximum Gasteiger partial charge on any atom is 0.490 e. The number of ether oxygens (including phenoxy) is 1. The normalized spacial score (nSPS) is 26.8. The van der Waals surface area contributed by atoms with Crippen LogP contribution in [-0.2, 0) is 20.9 Å². The van der Waals surface area contributed by atoms with Gasteiger partial charge in [-0.3, -0.25) is 9.69 Å². The molecule has 1 amide bonds. The molecule has 3 fully saturated rings. The number of amides is 1. The molecule has 1 aromatic heterocycles. The highest BCUT2D eigenvalue weighted by atomic mass is 32.1. The van der Waals surface area contributed by atoms with E-state index in [1.165, 1.54) is 0 Å². The van der Waals surface area contributed by atoms with Crippen molar-refractivity contribution in [3.63, 3.8) is 0 Å². The van der Waals surface area contributed by atoms with E-state index in [0.717, 1.165) is 75.7 Å². The molecule has 0 saturated carbocycles. The van der Waals surface area contributed by atoms with Crippen LogP contribution in [0.3, 0.4) is 0 Å². The van der Waals surface area contributed by atoms with E-state index < -0.39 is 12.1 Å². The molecular weight excluding hydrogens is 423 g/mol. The number of piperidine rings is 1. The third-order valence-electron chi connectivity index (χ3n) is 5.78. The number of fused-ring (bicyclic) bond motifs is 1. The number of aryl methyl sites for hydroxylation is 1. The summed E-state index contributed by atoms with van der Waals surface area (Å²) in [6.07, 6.45) is -0.834. The largest absolute Gasteiger partial charge is 0.490 e. The minimum absolute atomic E-state index is 0.116. The fraction of sp³-hybridized carbons (Fsp3) is 0.737. The highest BCUT2D eigenvalue weighted by Gasteiger charge is 2.54. The van der Waals surface area contributed by atoms with Crippen LogP contribution in [-0.4, -0.2) is 76.8 Å². The highest BCUT2D eigenvalue weighted by molar-refractivity contribution is 7.09. The van der Waals surface area contributed by atoms with Crippen molar-refractivity contribution in [3.8, 4) is 0 Å². The lowest BCUT2D eigenvalue weighted by atomic mass is 9.75. The van der Waals surface area contributed by atoms with Gasteiger partial charge in [0.1, 0.15) is 5.01 Å². The van der Waals surface area contributed by atoms with Crippen LogP contribution >= 0.6 is 11.3 Å². The molecule has 3 aliphatic rings. The van der Waals surface area contributed by atoms with E-state index in [0.29, 0.717) is 5.91 Å². The van der Waals surface area contributed by atoms with Crippen molar-refractivity contribution in [2.75, 3.05) is 32.8 Å². The number of halogens is 3. The summed E-state index contributed by atoms with van der Waals surface area (Å²) in [6, 6.07) is 0. The molecule has 0 aliphatic carbocycles. The second kappa shape index (κ2) is 9.19. The Kier molecular flexibility index (Phi) is 7.03. The highest BCUT2D eigenvalue weighted by Crippen LogP contribution is 2.43. The van der Waals surface area contributed by atoms with Gasteiger partial charge in [0, 0.05) is 43.9 Å². The number of thiazole rings is 1. The van der Waals surface area contributed by atoms with Crippen LogP contribution in [0.4, 0.5) is 13.2 Å². The standard InChI is InChI=1S/C17H25N3O2S.C2HF3O2/c1-13-11-23-15(18-13)10-19-8-4-14-17(12-19,5-9-22-14)16(21)20-6-2-3-7-20;3-2(4,5)1(6)7/h11,14H,2-10,12H2,1H3;(H,6,7)/t14-,17-;/m1./s1. The fourth-order valence-electron chi connectivity index (χ4n) is 4.37. The number of carbonyl (C=O) groups excluding carboxylic acids is 1. The van der Waals surface area contributed by atoms with Crippen LogP contribution in [0.5, 0.6) is 0 Å². The van der Waals surface area contributed by atoms with Crippen molar-refractivity contribution in [1.82, 2.24) is 14.8 Å². The van der Waals surface area contributed by atoms with Gasteiger partial charge < -0.3 is 14.7 Å². The van der Waals surface area contributed by atoms with E-state index >= 15 is 0 Å². The van der Waals surface area contributed by atoms with E-state index in [4.69, 9.17) is 14.6 Å². The molecule has 0 radical (unpaired) electrons. The average Bonchev–Trinajstić information content (AvgIpc) is 3.41. The Hall–Kier alpha value is -1.72. The van der Waals surface area contributed by atoms with Crippen molar-refractivity contribution in [2.45, 2.75) is 51.4 Å². The van der Waals surface area contributed by atoms with E-state index in [2.05, 4.69) is 20.2 Å². The zero-order valence-electron chi connectivity index (χ0n) is 16.8. The number of alkyl halides is 3. The molecule has 0 spiro atoms. The maximum atomic E-state index is 13.2. The Morgan fingerprint density at radius 1 is 1.33 bits per heavy atom. The molecule has 1 N–H and O–H groups in total. The van der Waals surface area contributed by atoms with Gasteiger partial charge in [-0.05, 0) is 32.6 Å². The molecule has 3 aliphatic heterocycles. The van der Waals surface area contributed by atoms with Crippen LogP contribution in [0.2, 0.25) is 0 Å². The summed E-state index contributed by atoms with van der Waals surface area (Å²) in [4.78, 5) is 31.2. The molecule has 11 heteroatoms. The summed E-state index contributed by atoms with van der Waals surface area (Å²) in [7, 11) is 0. The Bertz CT molecular complexity index is 766. The third-order valence-corrected chi connectivity index (χ3v) is 6.74. The molecule has 30 heavy (non-hydrogen) atoms. The number of nitrogens with zero attached hydrogens (tertiary/aromatic N) is 3. The number of carboxylic acid groups (broad SMARTS) is 1. The predicted molar refractivity (Wildman–Crippen MR) is 103 cm³/mol. The van der Waals surface area contributed by atoms with Gasteiger partial charge in [-0.2, -0.15) is 13.2 Å². The number of aliphatic carboxylic acids is 1. The lowest BCUT2D eigenvalue weighted by molar-refractivity contribution is -0.192. The van der Waals surface area contributed by atoms with Crippen LogP contribution in [0.15, 0.2) is 5.38 Å². The summed E-state index contributed by atoms with van der Waals surface area (Å²) in [5.74, 6) is -2.41. The molecule has 7 nitrogen and oxygen atoms in total. The van der Waals surface area contributed by atoms with Gasteiger partial charge in [0.05, 0.1) is 18.1 Å². The molecule has 0 aromatic carbocycles. The molecule has 3 saturated heterocycles. The SMILES string of the molecule is Cc1csc(CN2CC[C@H]3OCC[C@@]3(C(=O)N3CCCC3)C2)n1.O=C(O)C(F)(F)F. The molecule has 2 atom stereocenters. The quantitative estimate of drug-likeness (QED) is 0.764. The summed E-state index contributed by atoms with van der Waals surface area (Å²) in [5.41, 5.74) is 0.779. The lowest BCUT2D eigenvalue weighted by Crippen LogP contribution is -2.57. The van der Waals surface area contributed by atoms with E-state index in [-0.39, 0.29) is 11.5 Å². The third kappa shape index (κ3) is 5.12. The predicted octanol–water partition coefficient (Wildman–Crippen LogP) is 2.69. The molecule has 1 aromatic rings. The molecular formula is C19H26F3N3O4S. The van der Waals surface area contributed by atoms with E-state index in [1.54, 1.807) is 11.3 Å². The zero-order chi connectivity index (χ0) is 21.9. The Labute approximate surface area is 176 Å². The number of hydrogen-bond acceptors (Lipinski definition) is 6. The van der Waals surface area contributed by atoms with Crippen LogP contribution in [0.1, 0.15) is 36.4 Å². The minimum Gasteiger partial charge on any atom is -0.475 e. The van der Waals surface area contributed by atoms with Crippen molar-refractivity contribution >= 4 is 23.2 Å². The molecule has 4 rings (SSSR count). The van der Waals surface area contributed by atoms with Gasteiger partial charge in [-0.1, -0.05) is 0 Å². The first-order chi connectivity index (χ1) is 14.1. The summed E-state index contributed by atoms with van der Waals surface area (Å²) >= 11 is 1.72. The van der Waals surface area contributed by atoms with Gasteiger partial charge in [-0.15, -0.1) is 11.3 Å². The Morgan fingerprint density at radius 2 is 2.00 bits per heavy atom. The number of likely N-dealkylation sites (tertiary alicyclic amines) is 2. The van der Waals surface area contributed by atoms with Crippen LogP contribution < -0.4 is 0 Å². The summed E-state index contributed by atoms with van der Waals surface area (Å²) in [6.45, 7) is 7.31. The topological polar surface area (TPSA) is 83.0 Å². The molecule has 4 heterocycles. The molecule has 0 bridgehead atoms. The van der Waals surface area contributed by atoms with Gasteiger partial charge >= 0.3 is 12.1 Å². The lowest BCUT2D eigenvalue weighted by Gasteiger charge is -2.43.